The van der Waals surface area contributed by atoms with Crippen LogP contribution < -0.4 is 18.9 Å². The predicted molar refractivity (Wildman–Crippen MR) is 136 cm³/mol. The summed E-state index contributed by atoms with van der Waals surface area (Å²) in [7, 11) is 6.38. The van der Waals surface area contributed by atoms with Crippen molar-refractivity contribution in [3.8, 4) is 23.0 Å². The van der Waals surface area contributed by atoms with Gasteiger partial charge in [-0.1, -0.05) is 24.3 Å². The van der Waals surface area contributed by atoms with E-state index < -0.39 is 0 Å². The summed E-state index contributed by atoms with van der Waals surface area (Å²) in [6.45, 7) is 0. The van der Waals surface area contributed by atoms with Crippen LogP contribution in [0.4, 0.5) is 0 Å². The minimum atomic E-state index is 0.640. The normalized spacial score (nSPS) is 11.6. The number of methoxy groups -OCH3 is 4. The zero-order valence-electron chi connectivity index (χ0n) is 19.5. The van der Waals surface area contributed by atoms with Gasteiger partial charge in [-0.15, -0.1) is 0 Å². The highest BCUT2D eigenvalue weighted by molar-refractivity contribution is 5.86. The largest absolute Gasteiger partial charge is 0.493 e. The molecule has 0 saturated carbocycles. The molecule has 3 aromatic carbocycles. The summed E-state index contributed by atoms with van der Waals surface area (Å²) in [5.41, 5.74) is 3.54. The monoisotopic (exact) mass is 458 g/mol. The van der Waals surface area contributed by atoms with Gasteiger partial charge in [-0.2, -0.15) is 20.4 Å². The fraction of sp³-hybridized carbons (Fsp3) is 0.154. The predicted octanol–water partition coefficient (Wildman–Crippen LogP) is 4.63. The van der Waals surface area contributed by atoms with Crippen LogP contribution in [0.5, 0.6) is 23.0 Å². The molecule has 0 N–H and O–H groups in total. The molecule has 0 fully saturated rings. The molecule has 0 atom stereocenters. The van der Waals surface area contributed by atoms with E-state index in [1.807, 2.05) is 60.7 Å². The van der Waals surface area contributed by atoms with Gasteiger partial charge in [-0.3, -0.25) is 0 Å². The molecule has 0 unspecified atom stereocenters. The number of nitrogens with zero attached hydrogens (tertiary/aromatic N) is 4. The van der Waals surface area contributed by atoms with Crippen molar-refractivity contribution in [2.45, 2.75) is 0 Å². The van der Waals surface area contributed by atoms with E-state index in [1.54, 1.807) is 53.3 Å². The van der Waals surface area contributed by atoms with E-state index in [9.17, 15) is 0 Å². The minimum Gasteiger partial charge on any atom is -0.493 e. The van der Waals surface area contributed by atoms with Crippen molar-refractivity contribution >= 4 is 24.9 Å². The maximum absolute atomic E-state index is 5.29. The van der Waals surface area contributed by atoms with Gasteiger partial charge < -0.3 is 18.9 Å². The molecule has 0 aliphatic heterocycles. The average molecular weight is 459 g/mol. The first-order valence-electron chi connectivity index (χ1n) is 10.3. The average Bonchev–Trinajstić information content (AvgIpc) is 2.89. The van der Waals surface area contributed by atoms with Crippen LogP contribution in [0.3, 0.4) is 0 Å². The Morgan fingerprint density at radius 1 is 0.412 bits per heavy atom. The van der Waals surface area contributed by atoms with Crippen LogP contribution in [0.1, 0.15) is 22.3 Å². The number of hydrogen-bond acceptors (Lipinski definition) is 8. The molecule has 0 heterocycles. The van der Waals surface area contributed by atoms with Crippen molar-refractivity contribution in [3.63, 3.8) is 0 Å². The lowest BCUT2D eigenvalue weighted by atomic mass is 10.2. The third kappa shape index (κ3) is 6.77. The highest BCUT2D eigenvalue weighted by Gasteiger charge is 2.03. The molecule has 0 aromatic heterocycles. The lowest BCUT2D eigenvalue weighted by Gasteiger charge is -2.07. The molecular weight excluding hydrogens is 432 g/mol. The fourth-order valence-corrected chi connectivity index (χ4v) is 2.93. The Bertz CT molecular complexity index is 1110. The van der Waals surface area contributed by atoms with Gasteiger partial charge in [0, 0.05) is 0 Å². The van der Waals surface area contributed by atoms with E-state index in [4.69, 9.17) is 18.9 Å². The molecule has 174 valence electrons. The number of benzene rings is 3. The van der Waals surface area contributed by atoms with Crippen molar-refractivity contribution < 1.29 is 18.9 Å². The first kappa shape index (κ1) is 24.2. The van der Waals surface area contributed by atoms with Crippen molar-refractivity contribution in [2.24, 2.45) is 20.4 Å². The summed E-state index contributed by atoms with van der Waals surface area (Å²) >= 11 is 0. The van der Waals surface area contributed by atoms with Gasteiger partial charge in [0.15, 0.2) is 23.0 Å². The fourth-order valence-electron chi connectivity index (χ4n) is 2.93. The summed E-state index contributed by atoms with van der Waals surface area (Å²) in [6, 6.07) is 18.8. The summed E-state index contributed by atoms with van der Waals surface area (Å²) in [6.07, 6.45) is 6.65. The third-order valence-corrected chi connectivity index (χ3v) is 4.71. The topological polar surface area (TPSA) is 86.4 Å². The number of ether oxygens (including phenoxy) is 4. The van der Waals surface area contributed by atoms with Crippen molar-refractivity contribution in [3.05, 3.63) is 82.9 Å². The van der Waals surface area contributed by atoms with Gasteiger partial charge in [0.05, 0.1) is 53.3 Å². The van der Waals surface area contributed by atoms with Crippen LogP contribution in [0.2, 0.25) is 0 Å². The number of hydrogen-bond donors (Lipinski definition) is 0. The van der Waals surface area contributed by atoms with Crippen LogP contribution in [0.25, 0.3) is 0 Å². The van der Waals surface area contributed by atoms with Gasteiger partial charge >= 0.3 is 0 Å². The second-order valence-corrected chi connectivity index (χ2v) is 6.87. The Morgan fingerprint density at radius 2 is 0.706 bits per heavy atom. The molecule has 8 nitrogen and oxygen atoms in total. The maximum Gasteiger partial charge on any atom is 0.161 e. The van der Waals surface area contributed by atoms with Crippen molar-refractivity contribution in [1.29, 1.82) is 0 Å². The molecule has 3 aromatic rings. The van der Waals surface area contributed by atoms with Gasteiger partial charge in [0.1, 0.15) is 0 Å². The van der Waals surface area contributed by atoms with E-state index in [0.29, 0.717) is 23.0 Å². The molecule has 3 rings (SSSR count). The molecule has 34 heavy (non-hydrogen) atoms. The smallest absolute Gasteiger partial charge is 0.161 e. The van der Waals surface area contributed by atoms with Crippen LogP contribution >= 0.6 is 0 Å². The third-order valence-electron chi connectivity index (χ3n) is 4.71. The Balaban J connectivity index is 1.55. The van der Waals surface area contributed by atoms with E-state index in [0.717, 1.165) is 22.3 Å². The zero-order valence-corrected chi connectivity index (χ0v) is 19.5. The molecule has 0 aliphatic carbocycles. The Hall–Kier alpha value is -4.46. The Labute approximate surface area is 198 Å². The van der Waals surface area contributed by atoms with Gasteiger partial charge in [0.2, 0.25) is 0 Å². The number of rotatable bonds is 10. The summed E-state index contributed by atoms with van der Waals surface area (Å²) < 4.78 is 21.0. The summed E-state index contributed by atoms with van der Waals surface area (Å²) in [4.78, 5) is 0. The van der Waals surface area contributed by atoms with E-state index >= 15 is 0 Å². The molecule has 0 aliphatic rings. The minimum absolute atomic E-state index is 0.640. The molecule has 0 spiro atoms. The van der Waals surface area contributed by atoms with E-state index in [2.05, 4.69) is 20.4 Å². The molecule has 0 radical (unpaired) electrons. The van der Waals surface area contributed by atoms with Crippen molar-refractivity contribution in [1.82, 2.24) is 0 Å². The van der Waals surface area contributed by atoms with Crippen LogP contribution in [0.15, 0.2) is 81.1 Å². The maximum atomic E-state index is 5.29. The standard InChI is InChI=1S/C26H26N4O4/c1-31-23-11-9-21(13-25(23)33-3)17-29-27-15-19-5-7-20(8-6-19)16-28-30-18-22-10-12-24(32-2)26(14-22)34-4/h5-18H,1-4H3. The van der Waals surface area contributed by atoms with Crippen molar-refractivity contribution in [2.75, 3.05) is 28.4 Å². The van der Waals surface area contributed by atoms with Gasteiger partial charge in [-0.05, 0) is 58.7 Å². The second kappa shape index (κ2) is 12.5. The molecule has 8 heteroatoms. The first-order chi connectivity index (χ1) is 16.7. The van der Waals surface area contributed by atoms with Gasteiger partial charge in [-0.25, -0.2) is 0 Å². The molecule has 0 amide bonds. The van der Waals surface area contributed by atoms with E-state index in [-0.39, 0.29) is 0 Å². The highest BCUT2D eigenvalue weighted by atomic mass is 16.5. The highest BCUT2D eigenvalue weighted by Crippen LogP contribution is 2.27. The lowest BCUT2D eigenvalue weighted by molar-refractivity contribution is 0.355. The quantitative estimate of drug-likeness (QED) is 0.328. The summed E-state index contributed by atoms with van der Waals surface area (Å²) in [5, 5.41) is 16.4. The molecular formula is C26H26N4O4. The lowest BCUT2D eigenvalue weighted by Crippen LogP contribution is -1.92. The van der Waals surface area contributed by atoms with Gasteiger partial charge in [0.25, 0.3) is 0 Å². The first-order valence-corrected chi connectivity index (χ1v) is 10.3. The van der Waals surface area contributed by atoms with E-state index in [1.165, 1.54) is 0 Å². The molecule has 0 saturated heterocycles. The SMILES string of the molecule is COc1ccc(C=NN=Cc2ccc(C=NN=Cc3ccc(OC)c(OC)c3)cc2)cc1OC. The second-order valence-electron chi connectivity index (χ2n) is 6.87. The summed E-state index contributed by atoms with van der Waals surface area (Å²) in [5.74, 6) is 2.61. The molecule has 0 bridgehead atoms. The Kier molecular flexibility index (Phi) is 8.92. The Morgan fingerprint density at radius 3 is 1.03 bits per heavy atom. The zero-order chi connectivity index (χ0) is 24.2. The van der Waals surface area contributed by atoms with Crippen LogP contribution in [-0.4, -0.2) is 53.3 Å². The van der Waals surface area contributed by atoms with Crippen LogP contribution in [-0.2, 0) is 0 Å². The van der Waals surface area contributed by atoms with Crippen LogP contribution in [0, 0.1) is 0 Å².